The Bertz CT molecular complexity index is 471. The lowest BCUT2D eigenvalue weighted by Crippen LogP contribution is -2.27. The van der Waals surface area contributed by atoms with Crippen LogP contribution in [0.3, 0.4) is 0 Å². The summed E-state index contributed by atoms with van der Waals surface area (Å²) in [6, 6.07) is 5.77. The van der Waals surface area contributed by atoms with Crippen molar-refractivity contribution in [3.63, 3.8) is 0 Å². The van der Waals surface area contributed by atoms with Crippen molar-refractivity contribution in [2.24, 2.45) is 0 Å². The van der Waals surface area contributed by atoms with Crippen LogP contribution in [0.15, 0.2) is 24.3 Å². The Labute approximate surface area is 109 Å². The van der Waals surface area contributed by atoms with Crippen LogP contribution in [0.5, 0.6) is 0 Å². The maximum atomic E-state index is 13.3. The minimum Gasteiger partial charge on any atom is -0.454 e. The van der Waals surface area contributed by atoms with E-state index in [-0.39, 0.29) is 5.69 Å². The second-order valence-electron chi connectivity index (χ2n) is 4.14. The highest BCUT2D eigenvalue weighted by Crippen LogP contribution is 2.14. The second-order valence-corrected chi connectivity index (χ2v) is 4.14. The van der Waals surface area contributed by atoms with Crippen molar-refractivity contribution in [3.8, 4) is 0 Å². The normalized spacial score (nSPS) is 18.1. The van der Waals surface area contributed by atoms with Crippen LogP contribution in [0.2, 0.25) is 0 Å². The predicted octanol–water partition coefficient (Wildman–Crippen LogP) is 1.49. The van der Waals surface area contributed by atoms with Crippen molar-refractivity contribution in [1.29, 1.82) is 0 Å². The number of hydrogen-bond acceptors (Lipinski definition) is 4. The van der Waals surface area contributed by atoms with Crippen LogP contribution >= 0.6 is 0 Å². The van der Waals surface area contributed by atoms with Crippen molar-refractivity contribution in [1.82, 2.24) is 0 Å². The van der Waals surface area contributed by atoms with E-state index in [1.54, 1.807) is 6.07 Å². The van der Waals surface area contributed by atoms with Gasteiger partial charge in [0, 0.05) is 6.61 Å². The number of anilines is 1. The average Bonchev–Trinajstić information content (AvgIpc) is 2.93. The molecule has 1 aliphatic heterocycles. The Balaban J connectivity index is 1.78. The van der Waals surface area contributed by atoms with E-state index in [2.05, 4.69) is 5.32 Å². The molecule has 0 bridgehead atoms. The number of carbonyl (C=O) groups excluding carboxylic acids is 2. The van der Waals surface area contributed by atoms with Gasteiger partial charge >= 0.3 is 5.97 Å². The number of ether oxygens (including phenoxy) is 2. The van der Waals surface area contributed by atoms with Crippen molar-refractivity contribution >= 4 is 17.6 Å². The molecule has 1 amide bonds. The number of benzene rings is 1. The van der Waals surface area contributed by atoms with Crippen molar-refractivity contribution < 1.29 is 23.5 Å². The van der Waals surface area contributed by atoms with Crippen molar-refractivity contribution in [2.75, 3.05) is 18.5 Å². The van der Waals surface area contributed by atoms with Gasteiger partial charge in [0.15, 0.2) is 12.7 Å². The lowest BCUT2D eigenvalue weighted by molar-refractivity contribution is -0.156. The quantitative estimate of drug-likeness (QED) is 0.839. The Hall–Kier alpha value is -1.95. The SMILES string of the molecule is O=C(COC(=O)[C@@H]1CCCO1)Nc1ccccc1F. The molecular formula is C13H14FNO4. The third-order valence-electron chi connectivity index (χ3n) is 2.69. The van der Waals surface area contributed by atoms with Gasteiger partial charge in [-0.3, -0.25) is 4.79 Å². The van der Waals surface area contributed by atoms with E-state index in [4.69, 9.17) is 9.47 Å². The molecule has 0 spiro atoms. The predicted molar refractivity (Wildman–Crippen MR) is 65.0 cm³/mol. The highest BCUT2D eigenvalue weighted by atomic mass is 19.1. The first-order chi connectivity index (χ1) is 9.16. The Morgan fingerprint density at radius 3 is 2.89 bits per heavy atom. The van der Waals surface area contributed by atoms with Crippen molar-refractivity contribution in [2.45, 2.75) is 18.9 Å². The molecule has 1 saturated heterocycles. The molecule has 6 heteroatoms. The second kappa shape index (κ2) is 6.29. The van der Waals surface area contributed by atoms with E-state index in [9.17, 15) is 14.0 Å². The van der Waals surface area contributed by atoms with Crippen LogP contribution in [0.4, 0.5) is 10.1 Å². The smallest absolute Gasteiger partial charge is 0.335 e. The number of carbonyl (C=O) groups is 2. The molecule has 0 aliphatic carbocycles. The van der Waals surface area contributed by atoms with Gasteiger partial charge in [-0.2, -0.15) is 0 Å². The average molecular weight is 267 g/mol. The van der Waals surface area contributed by atoms with Crippen LogP contribution in [0.1, 0.15) is 12.8 Å². The molecule has 1 atom stereocenters. The fourth-order valence-electron chi connectivity index (χ4n) is 1.74. The molecule has 1 aromatic rings. The minimum atomic E-state index is -0.587. The number of esters is 1. The summed E-state index contributed by atoms with van der Waals surface area (Å²) in [4.78, 5) is 23.0. The van der Waals surface area contributed by atoms with E-state index in [1.807, 2.05) is 0 Å². The molecular weight excluding hydrogens is 253 g/mol. The van der Waals surface area contributed by atoms with Gasteiger partial charge < -0.3 is 14.8 Å². The van der Waals surface area contributed by atoms with Crippen LogP contribution < -0.4 is 5.32 Å². The summed E-state index contributed by atoms with van der Waals surface area (Å²) >= 11 is 0. The fourth-order valence-corrected chi connectivity index (χ4v) is 1.74. The number of amides is 1. The van der Waals surface area contributed by atoms with Gasteiger partial charge in [0.2, 0.25) is 0 Å². The zero-order chi connectivity index (χ0) is 13.7. The number of nitrogens with one attached hydrogen (secondary N) is 1. The van der Waals surface area contributed by atoms with E-state index in [0.29, 0.717) is 13.0 Å². The molecule has 1 N–H and O–H groups in total. The monoisotopic (exact) mass is 267 g/mol. The fraction of sp³-hybridized carbons (Fsp3) is 0.385. The lowest BCUT2D eigenvalue weighted by Gasteiger charge is -2.10. The first kappa shape index (κ1) is 13.5. The van der Waals surface area contributed by atoms with Gasteiger partial charge in [0.05, 0.1) is 5.69 Å². The molecule has 1 fully saturated rings. The van der Waals surface area contributed by atoms with Crippen LogP contribution in [-0.2, 0) is 19.1 Å². The topological polar surface area (TPSA) is 64.6 Å². The molecule has 2 rings (SSSR count). The summed E-state index contributed by atoms with van der Waals surface area (Å²) in [6.07, 6.45) is 0.829. The van der Waals surface area contributed by atoms with Crippen LogP contribution in [0.25, 0.3) is 0 Å². The highest BCUT2D eigenvalue weighted by molar-refractivity contribution is 5.93. The van der Waals surface area contributed by atoms with Crippen LogP contribution in [0, 0.1) is 5.82 Å². The van der Waals surface area contributed by atoms with Crippen molar-refractivity contribution in [3.05, 3.63) is 30.1 Å². The third kappa shape index (κ3) is 3.75. The molecule has 5 nitrogen and oxygen atoms in total. The Morgan fingerprint density at radius 2 is 2.21 bits per heavy atom. The molecule has 0 saturated carbocycles. The van der Waals surface area contributed by atoms with E-state index in [0.717, 1.165) is 6.42 Å². The maximum absolute atomic E-state index is 13.3. The summed E-state index contributed by atoms with van der Waals surface area (Å²) in [5.41, 5.74) is 0.0562. The molecule has 1 aliphatic rings. The molecule has 102 valence electrons. The van der Waals surface area contributed by atoms with Gasteiger partial charge in [0.1, 0.15) is 5.82 Å². The molecule has 19 heavy (non-hydrogen) atoms. The number of rotatable bonds is 4. The van der Waals surface area contributed by atoms with Gasteiger partial charge in [0.25, 0.3) is 5.91 Å². The zero-order valence-electron chi connectivity index (χ0n) is 10.2. The Morgan fingerprint density at radius 1 is 1.42 bits per heavy atom. The van der Waals surface area contributed by atoms with E-state index >= 15 is 0 Å². The van der Waals surface area contributed by atoms with Gasteiger partial charge in [-0.25, -0.2) is 9.18 Å². The zero-order valence-corrected chi connectivity index (χ0v) is 10.2. The molecule has 0 radical (unpaired) electrons. The first-order valence-corrected chi connectivity index (χ1v) is 5.99. The molecule has 0 unspecified atom stereocenters. The standard InChI is InChI=1S/C13H14FNO4/c14-9-4-1-2-5-10(9)15-12(16)8-19-13(17)11-6-3-7-18-11/h1-2,4-5,11H,3,6-8H2,(H,15,16)/t11-/m0/s1. The number of halogens is 1. The van der Waals surface area contributed by atoms with Gasteiger partial charge in [-0.05, 0) is 25.0 Å². The summed E-state index contributed by atoms with van der Waals surface area (Å²) < 4.78 is 23.2. The number of para-hydroxylation sites is 1. The first-order valence-electron chi connectivity index (χ1n) is 5.99. The molecule has 0 aromatic heterocycles. The maximum Gasteiger partial charge on any atom is 0.335 e. The number of hydrogen-bond donors (Lipinski definition) is 1. The van der Waals surface area contributed by atoms with Gasteiger partial charge in [-0.1, -0.05) is 12.1 Å². The van der Waals surface area contributed by atoms with Crippen LogP contribution in [-0.4, -0.2) is 31.2 Å². The lowest BCUT2D eigenvalue weighted by atomic mass is 10.2. The summed E-state index contributed by atoms with van der Waals surface area (Å²) in [7, 11) is 0. The highest BCUT2D eigenvalue weighted by Gasteiger charge is 2.25. The van der Waals surface area contributed by atoms with E-state index < -0.39 is 30.4 Å². The molecule has 1 aromatic carbocycles. The van der Waals surface area contributed by atoms with E-state index in [1.165, 1.54) is 18.2 Å². The molecule has 1 heterocycles. The summed E-state index contributed by atoms with van der Waals surface area (Å²) in [6.45, 7) is 0.0776. The Kier molecular flexibility index (Phi) is 4.46. The summed E-state index contributed by atoms with van der Waals surface area (Å²) in [5.74, 6) is -1.68. The largest absolute Gasteiger partial charge is 0.454 e. The minimum absolute atomic E-state index is 0.0562. The third-order valence-corrected chi connectivity index (χ3v) is 2.69. The van der Waals surface area contributed by atoms with Gasteiger partial charge in [-0.15, -0.1) is 0 Å². The summed E-state index contributed by atoms with van der Waals surface area (Å²) in [5, 5.41) is 2.32.